The van der Waals surface area contributed by atoms with E-state index < -0.39 is 0 Å². The van der Waals surface area contributed by atoms with Crippen LogP contribution >= 0.6 is 23.1 Å². The van der Waals surface area contributed by atoms with Gasteiger partial charge in [-0.05, 0) is 35.7 Å². The van der Waals surface area contributed by atoms with Gasteiger partial charge in [-0.2, -0.15) is 5.26 Å². The average molecular weight is 448 g/mol. The number of rotatable bonds is 7. The molecular weight excluding hydrogens is 430 g/mol. The van der Waals surface area contributed by atoms with Crippen molar-refractivity contribution >= 4 is 34.7 Å². The number of nitrogens with one attached hydrogen (secondary N) is 1. The van der Waals surface area contributed by atoms with Crippen molar-refractivity contribution in [2.24, 2.45) is 0 Å². The molecule has 0 aliphatic carbocycles. The van der Waals surface area contributed by atoms with Crippen LogP contribution in [0, 0.1) is 11.3 Å². The molecule has 9 heteroatoms. The number of aromatic nitrogens is 3. The Hall–Kier alpha value is -3.61. The highest BCUT2D eigenvalue weighted by molar-refractivity contribution is 7.99. The van der Waals surface area contributed by atoms with E-state index in [-0.39, 0.29) is 11.7 Å². The van der Waals surface area contributed by atoms with Gasteiger partial charge in [0.05, 0.1) is 34.7 Å². The highest BCUT2D eigenvalue weighted by atomic mass is 32.2. The van der Waals surface area contributed by atoms with Crippen LogP contribution in [0.15, 0.2) is 71.2 Å². The van der Waals surface area contributed by atoms with Crippen molar-refractivity contribution in [2.75, 3.05) is 18.2 Å². The zero-order valence-electron chi connectivity index (χ0n) is 16.5. The van der Waals surface area contributed by atoms with E-state index >= 15 is 0 Å². The van der Waals surface area contributed by atoms with E-state index in [4.69, 9.17) is 4.74 Å². The van der Waals surface area contributed by atoms with Crippen LogP contribution in [0.5, 0.6) is 5.75 Å². The first-order valence-electron chi connectivity index (χ1n) is 9.25. The highest BCUT2D eigenvalue weighted by Crippen LogP contribution is 2.34. The fourth-order valence-electron chi connectivity index (χ4n) is 2.97. The van der Waals surface area contributed by atoms with Gasteiger partial charge in [-0.3, -0.25) is 9.36 Å². The number of hydrogen-bond donors (Lipinski definition) is 1. The molecule has 4 aromatic rings. The number of nitriles is 1. The fraction of sp³-hybridized carbons (Fsp3) is 0.0909. The normalized spacial score (nSPS) is 10.5. The lowest BCUT2D eigenvalue weighted by Gasteiger charge is -2.13. The zero-order chi connectivity index (χ0) is 21.6. The van der Waals surface area contributed by atoms with Crippen molar-refractivity contribution in [1.82, 2.24) is 14.8 Å². The van der Waals surface area contributed by atoms with Crippen molar-refractivity contribution in [3.8, 4) is 28.2 Å². The van der Waals surface area contributed by atoms with E-state index in [1.165, 1.54) is 11.8 Å². The summed E-state index contributed by atoms with van der Waals surface area (Å²) >= 11 is 2.82. The maximum atomic E-state index is 12.5. The summed E-state index contributed by atoms with van der Waals surface area (Å²) in [4.78, 5) is 13.5. The monoisotopic (exact) mass is 447 g/mol. The van der Waals surface area contributed by atoms with Crippen LogP contribution in [0.4, 0.5) is 5.69 Å². The summed E-state index contributed by atoms with van der Waals surface area (Å²) in [5, 5.41) is 23.2. The molecule has 0 fully saturated rings. The summed E-state index contributed by atoms with van der Waals surface area (Å²) in [5.41, 5.74) is 1.69. The Labute approximate surface area is 187 Å². The van der Waals surface area contributed by atoms with Crippen LogP contribution in [0.1, 0.15) is 5.56 Å². The molecule has 0 atom stereocenters. The summed E-state index contributed by atoms with van der Waals surface area (Å²) < 4.78 is 7.43. The number of hydrogen-bond acceptors (Lipinski definition) is 7. The van der Waals surface area contributed by atoms with E-state index in [9.17, 15) is 10.1 Å². The molecule has 2 aromatic carbocycles. The third-order valence-corrected chi connectivity index (χ3v) is 6.15. The maximum absolute atomic E-state index is 12.5. The van der Waals surface area contributed by atoms with E-state index in [0.717, 1.165) is 10.6 Å². The Balaban J connectivity index is 1.62. The quantitative estimate of drug-likeness (QED) is 0.416. The molecule has 1 amide bonds. The Bertz CT molecular complexity index is 1250. The summed E-state index contributed by atoms with van der Waals surface area (Å²) in [6.07, 6.45) is 0. The molecule has 4 rings (SSSR count). The van der Waals surface area contributed by atoms with Crippen LogP contribution in [0.25, 0.3) is 16.4 Å². The lowest BCUT2D eigenvalue weighted by Crippen LogP contribution is -2.15. The van der Waals surface area contributed by atoms with E-state index in [0.29, 0.717) is 28.0 Å². The molecule has 2 aromatic heterocycles. The fourth-order valence-corrected chi connectivity index (χ4v) is 4.41. The first kappa shape index (κ1) is 20.7. The minimum Gasteiger partial charge on any atom is -0.495 e. The van der Waals surface area contributed by atoms with Crippen molar-refractivity contribution in [3.63, 3.8) is 0 Å². The summed E-state index contributed by atoms with van der Waals surface area (Å²) in [5.74, 6) is 1.23. The summed E-state index contributed by atoms with van der Waals surface area (Å²) in [6, 6.07) is 20.5. The van der Waals surface area contributed by atoms with Gasteiger partial charge in [-0.15, -0.1) is 21.5 Å². The zero-order valence-corrected chi connectivity index (χ0v) is 18.1. The molecular formula is C22H17N5O2S2. The van der Waals surface area contributed by atoms with Crippen LogP contribution in [0.2, 0.25) is 0 Å². The number of amides is 1. The SMILES string of the molecule is COc1ccccc1-n1c(SCC(=O)Nc2ccccc2C#N)nnc1-c1cccs1. The number of carbonyl (C=O) groups excluding carboxylic acids is 1. The van der Waals surface area contributed by atoms with Gasteiger partial charge in [0, 0.05) is 0 Å². The molecule has 154 valence electrons. The van der Waals surface area contributed by atoms with Crippen molar-refractivity contribution in [1.29, 1.82) is 5.26 Å². The van der Waals surface area contributed by atoms with Crippen molar-refractivity contribution < 1.29 is 9.53 Å². The number of anilines is 1. The second kappa shape index (κ2) is 9.47. The van der Waals surface area contributed by atoms with E-state index in [1.54, 1.807) is 42.7 Å². The smallest absolute Gasteiger partial charge is 0.234 e. The Morgan fingerprint density at radius 2 is 1.97 bits per heavy atom. The second-order valence-electron chi connectivity index (χ2n) is 6.28. The molecule has 1 N–H and O–H groups in total. The molecule has 0 bridgehead atoms. The molecule has 0 saturated carbocycles. The number of methoxy groups -OCH3 is 1. The van der Waals surface area contributed by atoms with Crippen LogP contribution in [0.3, 0.4) is 0 Å². The number of carbonyl (C=O) groups is 1. The van der Waals surface area contributed by atoms with Gasteiger partial charge >= 0.3 is 0 Å². The van der Waals surface area contributed by atoms with Gasteiger partial charge in [-0.1, -0.05) is 42.1 Å². The summed E-state index contributed by atoms with van der Waals surface area (Å²) in [6.45, 7) is 0. The minimum atomic E-state index is -0.236. The van der Waals surface area contributed by atoms with Gasteiger partial charge in [0.1, 0.15) is 11.8 Å². The Morgan fingerprint density at radius 1 is 1.16 bits per heavy atom. The Kier molecular flexibility index (Phi) is 6.31. The van der Waals surface area contributed by atoms with Crippen molar-refractivity contribution in [3.05, 3.63) is 71.6 Å². The lowest BCUT2D eigenvalue weighted by molar-refractivity contribution is -0.113. The summed E-state index contributed by atoms with van der Waals surface area (Å²) in [7, 11) is 1.61. The number of para-hydroxylation sites is 3. The van der Waals surface area contributed by atoms with Crippen LogP contribution < -0.4 is 10.1 Å². The van der Waals surface area contributed by atoms with Crippen LogP contribution in [-0.2, 0) is 4.79 Å². The number of thiophene rings is 1. The number of nitrogens with zero attached hydrogens (tertiary/aromatic N) is 4. The average Bonchev–Trinajstić information content (AvgIpc) is 3.47. The molecule has 0 aliphatic rings. The first-order chi connectivity index (χ1) is 15.2. The first-order valence-corrected chi connectivity index (χ1v) is 11.1. The van der Waals surface area contributed by atoms with Gasteiger partial charge < -0.3 is 10.1 Å². The predicted octanol–water partition coefficient (Wildman–Crippen LogP) is 4.61. The molecule has 0 aliphatic heterocycles. The van der Waals surface area contributed by atoms with Crippen molar-refractivity contribution in [2.45, 2.75) is 5.16 Å². The lowest BCUT2D eigenvalue weighted by atomic mass is 10.2. The molecule has 0 saturated heterocycles. The highest BCUT2D eigenvalue weighted by Gasteiger charge is 2.20. The Morgan fingerprint density at radius 3 is 2.74 bits per heavy atom. The topological polar surface area (TPSA) is 92.8 Å². The largest absolute Gasteiger partial charge is 0.495 e. The molecule has 2 heterocycles. The molecule has 0 spiro atoms. The molecule has 31 heavy (non-hydrogen) atoms. The maximum Gasteiger partial charge on any atom is 0.234 e. The third kappa shape index (κ3) is 4.45. The predicted molar refractivity (Wildman–Crippen MR) is 122 cm³/mol. The number of benzene rings is 2. The standard InChI is InChI=1S/C22H17N5O2S2/c1-29-18-10-5-4-9-17(18)27-21(19-11-6-12-30-19)25-26-22(27)31-14-20(28)24-16-8-3-2-7-15(16)13-23/h2-12H,14H2,1H3,(H,24,28). The minimum absolute atomic E-state index is 0.109. The van der Waals surface area contributed by atoms with Gasteiger partial charge in [-0.25, -0.2) is 0 Å². The molecule has 0 unspecified atom stereocenters. The van der Waals surface area contributed by atoms with Gasteiger partial charge in [0.2, 0.25) is 5.91 Å². The van der Waals surface area contributed by atoms with Gasteiger partial charge in [0.25, 0.3) is 0 Å². The number of thioether (sulfide) groups is 1. The molecule has 0 radical (unpaired) electrons. The molecule has 7 nitrogen and oxygen atoms in total. The third-order valence-electron chi connectivity index (χ3n) is 4.35. The van der Waals surface area contributed by atoms with E-state index in [2.05, 4.69) is 21.6 Å². The van der Waals surface area contributed by atoms with E-state index in [1.807, 2.05) is 46.3 Å². The number of ether oxygens (including phenoxy) is 1. The second-order valence-corrected chi connectivity index (χ2v) is 8.18. The van der Waals surface area contributed by atoms with Gasteiger partial charge in [0.15, 0.2) is 11.0 Å². The van der Waals surface area contributed by atoms with Crippen LogP contribution in [-0.4, -0.2) is 33.5 Å².